The summed E-state index contributed by atoms with van der Waals surface area (Å²) in [4.78, 5) is 21.4. The van der Waals surface area contributed by atoms with E-state index in [1.165, 1.54) is 0 Å². The maximum atomic E-state index is 14.2. The molecule has 0 spiro atoms. The van der Waals surface area contributed by atoms with Gasteiger partial charge in [-0.3, -0.25) is 4.79 Å². The van der Waals surface area contributed by atoms with Gasteiger partial charge in [-0.2, -0.15) is 61.4 Å². The van der Waals surface area contributed by atoms with E-state index in [9.17, 15) is 80.2 Å². The summed E-state index contributed by atoms with van der Waals surface area (Å²) in [7, 11) is -5.31. The van der Waals surface area contributed by atoms with Crippen LogP contribution in [-0.2, 0) is 19.6 Å². The van der Waals surface area contributed by atoms with Gasteiger partial charge in [0.25, 0.3) is 10.0 Å². The van der Waals surface area contributed by atoms with E-state index in [2.05, 4.69) is 0 Å². The van der Waals surface area contributed by atoms with E-state index in [0.29, 0.717) is 0 Å². The highest BCUT2D eigenvalue weighted by molar-refractivity contribution is 7.90. The monoisotopic (exact) mass is 600 g/mol. The molecular formula is C15H17F13N2O6S. The van der Waals surface area contributed by atoms with Crippen LogP contribution in [0.2, 0.25) is 0 Å². The van der Waals surface area contributed by atoms with Gasteiger partial charge in [0.05, 0.1) is 26.6 Å². The van der Waals surface area contributed by atoms with E-state index in [4.69, 9.17) is 5.11 Å². The maximum absolute atomic E-state index is 14.2. The minimum atomic E-state index is -8.39. The largest absolute Gasteiger partial charge is 0.544 e. The van der Waals surface area contributed by atoms with Gasteiger partial charge in [-0.05, 0) is 0 Å². The highest BCUT2D eigenvalue weighted by Gasteiger charge is 2.92. The number of carbonyl (C=O) groups is 2. The van der Waals surface area contributed by atoms with Gasteiger partial charge in [-0.15, -0.1) is 0 Å². The Bertz CT molecular complexity index is 966. The summed E-state index contributed by atoms with van der Waals surface area (Å²) >= 11 is 0. The number of likely N-dealkylation sites (N-methyl/N-ethyl adjacent to an activating group) is 1. The molecule has 0 aliphatic carbocycles. The second-order valence-corrected chi connectivity index (χ2v) is 10.1. The lowest BCUT2D eigenvalue weighted by Crippen LogP contribution is -2.72. The molecule has 0 atom stereocenters. The van der Waals surface area contributed by atoms with E-state index in [1.54, 1.807) is 0 Å². The number of aliphatic carboxylic acids is 2. The molecule has 0 aromatic rings. The lowest BCUT2D eigenvalue weighted by molar-refractivity contribution is -0.884. The van der Waals surface area contributed by atoms with Crippen LogP contribution < -0.4 is 5.11 Å². The molecular weight excluding hydrogens is 583 g/mol. The third kappa shape index (κ3) is 6.32. The number of rotatable bonds is 14. The van der Waals surface area contributed by atoms with Gasteiger partial charge in [0.2, 0.25) is 0 Å². The summed E-state index contributed by atoms with van der Waals surface area (Å²) < 4.78 is 195. The Hall–Kier alpha value is -2.10. The second kappa shape index (κ2) is 10.2. The maximum Gasteiger partial charge on any atom is 0.460 e. The van der Waals surface area contributed by atoms with Crippen LogP contribution in [0.3, 0.4) is 0 Å². The summed E-state index contributed by atoms with van der Waals surface area (Å²) in [5.74, 6) is -37.1. The smallest absolute Gasteiger partial charge is 0.460 e. The normalized spacial score (nSPS) is 15.2. The number of hydrogen-bond donors (Lipinski definition) is 1. The number of nitrogens with zero attached hydrogens (tertiary/aromatic N) is 2. The van der Waals surface area contributed by atoms with Crippen molar-refractivity contribution in [3.8, 4) is 0 Å². The first kappa shape index (κ1) is 34.9. The zero-order valence-electron chi connectivity index (χ0n) is 18.2. The van der Waals surface area contributed by atoms with Crippen molar-refractivity contribution in [2.45, 2.75) is 41.5 Å². The van der Waals surface area contributed by atoms with Gasteiger partial charge in [-0.25, -0.2) is 8.42 Å². The van der Waals surface area contributed by atoms with Crippen molar-refractivity contribution in [2.24, 2.45) is 0 Å². The van der Waals surface area contributed by atoms with Gasteiger partial charge in [0.15, 0.2) is 0 Å². The van der Waals surface area contributed by atoms with Crippen LogP contribution in [0.25, 0.3) is 0 Å². The fourth-order valence-corrected chi connectivity index (χ4v) is 4.04. The third-order valence-corrected chi connectivity index (χ3v) is 6.50. The SMILES string of the molecule is C[N+](C)(CCCN(CC(=O)O)S(=O)(=O)C(F)(F)C(F)(F)C(F)(F)C(F)(F)C(F)(F)C(F)(F)F)CC(=O)[O-]. The molecule has 0 rings (SSSR count). The summed E-state index contributed by atoms with van der Waals surface area (Å²) in [6, 6.07) is 0. The molecule has 22 heteroatoms. The van der Waals surface area contributed by atoms with Crippen LogP contribution in [0, 0.1) is 0 Å². The number of carbonyl (C=O) groups excluding carboxylic acids is 1. The van der Waals surface area contributed by atoms with E-state index in [-0.39, 0.29) is 0 Å². The number of hydrogen-bond acceptors (Lipinski definition) is 5. The fraction of sp³-hybridized carbons (Fsp3) is 0.867. The molecule has 0 aliphatic heterocycles. The average molecular weight is 600 g/mol. The molecule has 0 aromatic heterocycles. The Balaban J connectivity index is 6.53. The molecule has 0 amide bonds. The molecule has 8 nitrogen and oxygen atoms in total. The number of carboxylic acids is 2. The van der Waals surface area contributed by atoms with E-state index in [1.807, 2.05) is 0 Å². The second-order valence-electron chi connectivity index (χ2n) is 8.09. The fourth-order valence-electron chi connectivity index (χ4n) is 2.62. The molecule has 0 aliphatic rings. The van der Waals surface area contributed by atoms with Gasteiger partial charge in [0.1, 0.15) is 13.1 Å². The van der Waals surface area contributed by atoms with E-state index >= 15 is 0 Å². The van der Waals surface area contributed by atoms with Gasteiger partial charge >= 0.3 is 41.1 Å². The van der Waals surface area contributed by atoms with Crippen LogP contribution >= 0.6 is 0 Å². The molecule has 0 radical (unpaired) electrons. The molecule has 0 fully saturated rings. The number of sulfonamides is 1. The third-order valence-electron chi connectivity index (χ3n) is 4.61. The summed E-state index contributed by atoms with van der Waals surface area (Å²) in [5, 5.41) is 11.7. The molecule has 37 heavy (non-hydrogen) atoms. The van der Waals surface area contributed by atoms with Crippen LogP contribution in [0.4, 0.5) is 57.1 Å². The Morgan fingerprint density at radius 2 is 1.22 bits per heavy atom. The van der Waals surface area contributed by atoms with Crippen molar-refractivity contribution in [1.29, 1.82) is 0 Å². The Kier molecular flexibility index (Phi) is 9.65. The van der Waals surface area contributed by atoms with Crippen molar-refractivity contribution in [3.63, 3.8) is 0 Å². The van der Waals surface area contributed by atoms with Gasteiger partial charge in [-0.1, -0.05) is 0 Å². The first-order chi connectivity index (χ1) is 15.9. The lowest BCUT2D eigenvalue weighted by Gasteiger charge is -2.40. The Morgan fingerprint density at radius 1 is 0.811 bits per heavy atom. The number of halogens is 13. The zero-order chi connectivity index (χ0) is 30.3. The van der Waals surface area contributed by atoms with Crippen molar-refractivity contribution in [2.75, 3.05) is 40.3 Å². The lowest BCUT2D eigenvalue weighted by atomic mass is 9.98. The molecule has 0 bridgehead atoms. The average Bonchev–Trinajstić information content (AvgIpc) is 2.63. The Labute approximate surface area is 198 Å². The highest BCUT2D eigenvalue weighted by Crippen LogP contribution is 2.61. The van der Waals surface area contributed by atoms with Crippen LogP contribution in [-0.4, -0.2) is 110 Å². The molecule has 0 unspecified atom stereocenters. The molecule has 0 saturated heterocycles. The first-order valence-electron chi connectivity index (χ1n) is 9.13. The zero-order valence-corrected chi connectivity index (χ0v) is 19.1. The minimum absolute atomic E-state index is 0.562. The van der Waals surface area contributed by atoms with Crippen molar-refractivity contribution >= 4 is 22.0 Å². The highest BCUT2D eigenvalue weighted by atomic mass is 32.2. The predicted molar refractivity (Wildman–Crippen MR) is 90.4 cm³/mol. The van der Waals surface area contributed by atoms with Crippen molar-refractivity contribution < 1.29 is 89.8 Å². The van der Waals surface area contributed by atoms with Crippen LogP contribution in [0.15, 0.2) is 0 Å². The molecule has 0 aromatic carbocycles. The Morgan fingerprint density at radius 3 is 1.57 bits per heavy atom. The predicted octanol–water partition coefficient (Wildman–Crippen LogP) is 1.62. The van der Waals surface area contributed by atoms with Crippen LogP contribution in [0.5, 0.6) is 0 Å². The topological polar surface area (TPSA) is 115 Å². The first-order valence-corrected chi connectivity index (χ1v) is 10.6. The molecule has 0 heterocycles. The quantitative estimate of drug-likeness (QED) is 0.240. The number of carboxylic acid groups (broad SMARTS) is 2. The molecule has 1 N–H and O–H groups in total. The number of quaternary nitrogens is 1. The van der Waals surface area contributed by atoms with E-state index in [0.717, 1.165) is 14.1 Å². The van der Waals surface area contributed by atoms with Gasteiger partial charge in [0, 0.05) is 13.0 Å². The van der Waals surface area contributed by atoms with Crippen molar-refractivity contribution in [3.05, 3.63) is 0 Å². The molecule has 220 valence electrons. The van der Waals surface area contributed by atoms with Gasteiger partial charge < -0.3 is 19.5 Å². The molecule has 0 saturated carbocycles. The standard InChI is InChI=1S/C15H17F13N2O6S/c1-30(2,7-9(33)34)5-3-4-29(6-8(31)32)37(35,36)15(27,28)13(22,23)11(18,19)10(16,17)12(20,21)14(24,25)26/h3-7H2,1-2H3,(H-,31,32,33,34). The van der Waals surface area contributed by atoms with E-state index < -0.39 is 98.5 Å². The summed E-state index contributed by atoms with van der Waals surface area (Å²) in [6.45, 7) is -5.19. The summed E-state index contributed by atoms with van der Waals surface area (Å²) in [6.07, 6.45) is -8.57. The number of alkyl halides is 13. The minimum Gasteiger partial charge on any atom is -0.544 e. The van der Waals surface area contributed by atoms with Crippen LogP contribution in [0.1, 0.15) is 6.42 Å². The summed E-state index contributed by atoms with van der Waals surface area (Å²) in [5.41, 5.74) is 0. The van der Waals surface area contributed by atoms with Crippen molar-refractivity contribution in [1.82, 2.24) is 4.31 Å².